The largest absolute Gasteiger partial charge is 0.496 e. The lowest BCUT2D eigenvalue weighted by atomic mass is 10.0. The first-order chi connectivity index (χ1) is 10.3. The van der Waals surface area contributed by atoms with E-state index in [4.69, 9.17) is 14.6 Å². The van der Waals surface area contributed by atoms with E-state index in [1.54, 1.807) is 25.3 Å². The first kappa shape index (κ1) is 17.8. The minimum atomic E-state index is -1.04. The molecule has 0 spiro atoms. The normalized spacial score (nSPS) is 11.9. The molecule has 0 aliphatic rings. The molecule has 6 heteroatoms. The predicted octanol–water partition coefficient (Wildman–Crippen LogP) is 2.00. The fourth-order valence-electron chi connectivity index (χ4n) is 2.02. The zero-order chi connectivity index (χ0) is 16.7. The second-order valence-electron chi connectivity index (χ2n) is 5.51. The Morgan fingerprint density at radius 2 is 2.00 bits per heavy atom. The highest BCUT2D eigenvalue weighted by Gasteiger charge is 2.21. The minimum absolute atomic E-state index is 0.173. The van der Waals surface area contributed by atoms with Gasteiger partial charge in [0, 0.05) is 0 Å². The summed E-state index contributed by atoms with van der Waals surface area (Å²) in [5.41, 5.74) is 0.892. The highest BCUT2D eigenvalue weighted by atomic mass is 16.5. The average Bonchev–Trinajstić information content (AvgIpc) is 2.44. The highest BCUT2D eigenvalue weighted by Crippen LogP contribution is 2.22. The number of hydrogen-bond donors (Lipinski definition) is 2. The molecule has 1 atom stereocenters. The molecule has 0 aromatic heterocycles. The smallest absolute Gasteiger partial charge is 0.326 e. The van der Waals surface area contributed by atoms with Crippen molar-refractivity contribution >= 4 is 11.9 Å². The molecule has 0 saturated carbocycles. The van der Waals surface area contributed by atoms with Crippen molar-refractivity contribution in [3.63, 3.8) is 0 Å². The molecule has 1 aromatic rings. The molecule has 0 aliphatic heterocycles. The number of carboxylic acid groups (broad SMARTS) is 1. The lowest BCUT2D eigenvalue weighted by Crippen LogP contribution is -2.43. The molecule has 0 aliphatic carbocycles. The van der Waals surface area contributed by atoms with Crippen LogP contribution in [0.3, 0.4) is 0 Å². The molecule has 0 bridgehead atoms. The van der Waals surface area contributed by atoms with Crippen molar-refractivity contribution in [2.45, 2.75) is 33.2 Å². The monoisotopic (exact) mass is 309 g/mol. The number of methoxy groups -OCH3 is 1. The van der Waals surface area contributed by atoms with Gasteiger partial charge < -0.3 is 19.9 Å². The summed E-state index contributed by atoms with van der Waals surface area (Å²) in [4.78, 5) is 22.9. The third-order valence-corrected chi connectivity index (χ3v) is 3.08. The van der Waals surface area contributed by atoms with Gasteiger partial charge >= 0.3 is 5.97 Å². The van der Waals surface area contributed by atoms with Crippen LogP contribution in [0.2, 0.25) is 0 Å². The van der Waals surface area contributed by atoms with Gasteiger partial charge in [-0.05, 0) is 43.0 Å². The lowest BCUT2D eigenvalue weighted by Gasteiger charge is -2.16. The lowest BCUT2D eigenvalue weighted by molar-refractivity contribution is -0.142. The minimum Gasteiger partial charge on any atom is -0.496 e. The van der Waals surface area contributed by atoms with Gasteiger partial charge in [-0.25, -0.2) is 4.79 Å². The summed E-state index contributed by atoms with van der Waals surface area (Å²) < 4.78 is 10.5. The molecule has 1 aromatic carbocycles. The Bertz CT molecular complexity index is 527. The first-order valence-corrected chi connectivity index (χ1v) is 7.13. The second-order valence-corrected chi connectivity index (χ2v) is 5.51. The van der Waals surface area contributed by atoms with Gasteiger partial charge in [0.1, 0.15) is 17.5 Å². The van der Waals surface area contributed by atoms with E-state index in [1.165, 1.54) is 0 Å². The summed E-state index contributed by atoms with van der Waals surface area (Å²) >= 11 is 0. The summed E-state index contributed by atoms with van der Waals surface area (Å²) in [6.45, 7) is 5.44. The number of rotatable bonds is 8. The van der Waals surface area contributed by atoms with Crippen molar-refractivity contribution in [1.82, 2.24) is 5.32 Å². The van der Waals surface area contributed by atoms with Gasteiger partial charge in [0.15, 0.2) is 6.61 Å². The van der Waals surface area contributed by atoms with Crippen LogP contribution in [-0.4, -0.2) is 36.7 Å². The topological polar surface area (TPSA) is 84.9 Å². The van der Waals surface area contributed by atoms with Crippen LogP contribution in [0.15, 0.2) is 18.2 Å². The van der Waals surface area contributed by atoms with Crippen LogP contribution in [0.25, 0.3) is 0 Å². The number of nitrogens with one attached hydrogen (secondary N) is 1. The fourth-order valence-corrected chi connectivity index (χ4v) is 2.02. The van der Waals surface area contributed by atoms with Gasteiger partial charge in [-0.3, -0.25) is 4.79 Å². The Morgan fingerprint density at radius 3 is 2.50 bits per heavy atom. The zero-order valence-corrected chi connectivity index (χ0v) is 13.4. The van der Waals surface area contributed by atoms with E-state index in [1.807, 2.05) is 20.8 Å². The second kappa shape index (κ2) is 8.26. The number of hydrogen-bond acceptors (Lipinski definition) is 4. The summed E-state index contributed by atoms with van der Waals surface area (Å²) in [6.07, 6.45) is 0.378. The molecule has 0 fully saturated rings. The molecular weight excluding hydrogens is 286 g/mol. The Balaban J connectivity index is 2.54. The molecule has 0 saturated heterocycles. The van der Waals surface area contributed by atoms with Crippen LogP contribution >= 0.6 is 0 Å². The molecule has 1 rings (SSSR count). The molecule has 122 valence electrons. The molecule has 0 radical (unpaired) electrons. The van der Waals surface area contributed by atoms with Gasteiger partial charge in [0.2, 0.25) is 0 Å². The van der Waals surface area contributed by atoms with Gasteiger partial charge in [-0.15, -0.1) is 0 Å². The third kappa shape index (κ3) is 5.63. The number of amides is 1. The molecule has 1 amide bonds. The van der Waals surface area contributed by atoms with E-state index in [2.05, 4.69) is 5.32 Å². The summed E-state index contributed by atoms with van der Waals surface area (Å²) in [5, 5.41) is 11.5. The molecule has 0 unspecified atom stereocenters. The van der Waals surface area contributed by atoms with E-state index in [0.717, 1.165) is 11.3 Å². The van der Waals surface area contributed by atoms with E-state index in [9.17, 15) is 9.59 Å². The maximum Gasteiger partial charge on any atom is 0.326 e. The zero-order valence-electron chi connectivity index (χ0n) is 13.4. The van der Waals surface area contributed by atoms with Crippen LogP contribution < -0.4 is 14.8 Å². The van der Waals surface area contributed by atoms with Crippen molar-refractivity contribution < 1.29 is 24.2 Å². The van der Waals surface area contributed by atoms with Crippen LogP contribution in [0.5, 0.6) is 11.5 Å². The summed E-state index contributed by atoms with van der Waals surface area (Å²) in [7, 11) is 1.58. The number of aryl methyl sites for hydroxylation is 1. The molecule has 6 nitrogen and oxygen atoms in total. The Labute approximate surface area is 130 Å². The quantitative estimate of drug-likeness (QED) is 0.767. The van der Waals surface area contributed by atoms with Crippen molar-refractivity contribution in [3.8, 4) is 11.5 Å². The van der Waals surface area contributed by atoms with Gasteiger partial charge in [-0.1, -0.05) is 13.8 Å². The highest BCUT2D eigenvalue weighted by molar-refractivity contribution is 5.84. The maximum atomic E-state index is 11.8. The summed E-state index contributed by atoms with van der Waals surface area (Å²) in [5.74, 6) is -0.0562. The van der Waals surface area contributed by atoms with E-state index in [0.29, 0.717) is 12.2 Å². The average molecular weight is 309 g/mol. The van der Waals surface area contributed by atoms with Gasteiger partial charge in [-0.2, -0.15) is 0 Å². The van der Waals surface area contributed by atoms with Crippen LogP contribution in [0.1, 0.15) is 25.8 Å². The number of benzene rings is 1. The number of carboxylic acids is 1. The number of carbonyl (C=O) groups excluding carboxylic acids is 1. The van der Waals surface area contributed by atoms with Crippen LogP contribution in [-0.2, 0) is 9.59 Å². The van der Waals surface area contributed by atoms with E-state index >= 15 is 0 Å². The fraction of sp³-hybridized carbons (Fsp3) is 0.500. The van der Waals surface area contributed by atoms with Crippen LogP contribution in [0, 0.1) is 12.8 Å². The SMILES string of the molecule is COc1ccc(OCC(=O)N[C@H](CC(C)C)C(=O)O)cc1C. The van der Waals surface area contributed by atoms with Gasteiger partial charge in [0.05, 0.1) is 7.11 Å². The number of ether oxygens (including phenoxy) is 2. The molecule has 0 heterocycles. The predicted molar refractivity (Wildman–Crippen MR) is 82.2 cm³/mol. The van der Waals surface area contributed by atoms with Crippen molar-refractivity contribution in [1.29, 1.82) is 0 Å². The number of carbonyl (C=O) groups is 2. The Kier molecular flexibility index (Phi) is 6.69. The van der Waals surface area contributed by atoms with E-state index in [-0.39, 0.29) is 12.5 Å². The Morgan fingerprint density at radius 1 is 1.32 bits per heavy atom. The maximum absolute atomic E-state index is 11.8. The first-order valence-electron chi connectivity index (χ1n) is 7.13. The standard InChI is InChI=1S/C16H23NO5/c1-10(2)7-13(16(19)20)17-15(18)9-22-12-5-6-14(21-4)11(3)8-12/h5-6,8,10,13H,7,9H2,1-4H3,(H,17,18)(H,19,20)/t13-/m1/s1. The molecule has 2 N–H and O–H groups in total. The summed E-state index contributed by atoms with van der Waals surface area (Å²) in [6, 6.07) is 4.31. The number of aliphatic carboxylic acids is 1. The van der Waals surface area contributed by atoms with Crippen molar-refractivity contribution in [2.75, 3.05) is 13.7 Å². The van der Waals surface area contributed by atoms with Crippen molar-refractivity contribution in [2.24, 2.45) is 5.92 Å². The van der Waals surface area contributed by atoms with Gasteiger partial charge in [0.25, 0.3) is 5.91 Å². The van der Waals surface area contributed by atoms with Crippen molar-refractivity contribution in [3.05, 3.63) is 23.8 Å². The van der Waals surface area contributed by atoms with Crippen LogP contribution in [0.4, 0.5) is 0 Å². The third-order valence-electron chi connectivity index (χ3n) is 3.08. The Hall–Kier alpha value is -2.24. The molecule has 22 heavy (non-hydrogen) atoms. The van der Waals surface area contributed by atoms with E-state index < -0.39 is 17.9 Å². The molecular formula is C16H23NO5.